The summed E-state index contributed by atoms with van der Waals surface area (Å²) in [5.41, 5.74) is 0. The highest BCUT2D eigenvalue weighted by Gasteiger charge is 2.16. The maximum absolute atomic E-state index is 2.55. The first-order valence-electron chi connectivity index (χ1n) is 15.1. The van der Waals surface area contributed by atoms with Gasteiger partial charge in [-0.1, -0.05) is 169 Å². The predicted molar refractivity (Wildman–Crippen MR) is 145 cm³/mol. The van der Waals surface area contributed by atoms with Crippen LogP contribution < -0.4 is 0 Å². The third-order valence-corrected chi connectivity index (χ3v) is 7.54. The molecule has 0 saturated carbocycles. The molecule has 2 atom stereocenters. The van der Waals surface area contributed by atoms with Crippen LogP contribution in [0, 0.1) is 17.8 Å². The summed E-state index contributed by atoms with van der Waals surface area (Å²) < 4.78 is 0. The van der Waals surface area contributed by atoms with Crippen molar-refractivity contribution >= 4 is 0 Å². The minimum atomic E-state index is 0.942. The highest BCUT2D eigenvalue weighted by atomic mass is 14.2. The molecule has 0 bridgehead atoms. The second-order valence-corrected chi connectivity index (χ2v) is 11.2. The van der Waals surface area contributed by atoms with E-state index in [-0.39, 0.29) is 0 Å². The Morgan fingerprint density at radius 2 is 0.645 bits per heavy atom. The number of unbranched alkanes of at least 4 members (excludes halogenated alkanes) is 15. The van der Waals surface area contributed by atoms with E-state index in [1.165, 1.54) is 148 Å². The average molecular weight is 437 g/mol. The fourth-order valence-electron chi connectivity index (χ4n) is 5.47. The van der Waals surface area contributed by atoms with E-state index >= 15 is 0 Å². The maximum Gasteiger partial charge on any atom is -0.0409 e. The van der Waals surface area contributed by atoms with E-state index < -0.39 is 0 Å². The molecule has 0 rings (SSSR count). The molecule has 0 heteroatoms. The summed E-state index contributed by atoms with van der Waals surface area (Å²) in [6.45, 7) is 12.1. The third-order valence-electron chi connectivity index (χ3n) is 7.54. The van der Waals surface area contributed by atoms with Crippen LogP contribution >= 0.6 is 0 Å². The highest BCUT2D eigenvalue weighted by molar-refractivity contribution is 4.69. The summed E-state index contributed by atoms with van der Waals surface area (Å²) in [5.74, 6) is 2.88. The van der Waals surface area contributed by atoms with Crippen molar-refractivity contribution in [1.29, 1.82) is 0 Å². The summed E-state index contributed by atoms with van der Waals surface area (Å²) in [7, 11) is 0. The van der Waals surface area contributed by atoms with Gasteiger partial charge in [0.2, 0.25) is 0 Å². The van der Waals surface area contributed by atoms with Gasteiger partial charge >= 0.3 is 0 Å². The molecule has 2 unspecified atom stereocenters. The standard InChI is InChI=1S/C31H64/c1-6-9-12-15-18-21-24-29(4)27-31(26-23-20-17-14-11-8-3)28-30(5)25-22-19-16-13-10-7-2/h29-31H,6-28H2,1-5H3. The molecule has 0 aromatic carbocycles. The van der Waals surface area contributed by atoms with Crippen LogP contribution in [0.2, 0.25) is 0 Å². The normalized spacial score (nSPS) is 14.6. The smallest absolute Gasteiger partial charge is 0.0409 e. The Morgan fingerprint density at radius 1 is 0.355 bits per heavy atom. The maximum atomic E-state index is 2.55. The van der Waals surface area contributed by atoms with Gasteiger partial charge in [0.15, 0.2) is 0 Å². The van der Waals surface area contributed by atoms with E-state index in [0.29, 0.717) is 0 Å². The van der Waals surface area contributed by atoms with Crippen molar-refractivity contribution < 1.29 is 0 Å². The molecule has 0 aromatic rings. The first kappa shape index (κ1) is 31.0. The van der Waals surface area contributed by atoms with Gasteiger partial charge in [0.05, 0.1) is 0 Å². The molecule has 0 saturated heterocycles. The molecular weight excluding hydrogens is 372 g/mol. The number of hydrogen-bond acceptors (Lipinski definition) is 0. The highest BCUT2D eigenvalue weighted by Crippen LogP contribution is 2.30. The van der Waals surface area contributed by atoms with Crippen LogP contribution in [0.15, 0.2) is 0 Å². The topological polar surface area (TPSA) is 0 Å². The van der Waals surface area contributed by atoms with Crippen LogP contribution in [0.25, 0.3) is 0 Å². The second-order valence-electron chi connectivity index (χ2n) is 11.2. The second kappa shape index (κ2) is 24.6. The van der Waals surface area contributed by atoms with Crippen molar-refractivity contribution in [2.45, 2.75) is 182 Å². The van der Waals surface area contributed by atoms with Crippen molar-refractivity contribution in [2.24, 2.45) is 17.8 Å². The Kier molecular flexibility index (Phi) is 24.6. The van der Waals surface area contributed by atoms with Crippen molar-refractivity contribution in [1.82, 2.24) is 0 Å². The Balaban J connectivity index is 4.17. The molecule has 0 aliphatic heterocycles. The molecule has 0 radical (unpaired) electrons. The lowest BCUT2D eigenvalue weighted by atomic mass is 9.82. The molecule has 0 aliphatic rings. The van der Waals surface area contributed by atoms with Gasteiger partial charge in [-0.2, -0.15) is 0 Å². The van der Waals surface area contributed by atoms with Crippen molar-refractivity contribution in [3.05, 3.63) is 0 Å². The Bertz CT molecular complexity index is 296. The Labute approximate surface area is 200 Å². The van der Waals surface area contributed by atoms with E-state index in [2.05, 4.69) is 34.6 Å². The number of hydrogen-bond donors (Lipinski definition) is 0. The lowest BCUT2D eigenvalue weighted by Gasteiger charge is -2.24. The zero-order chi connectivity index (χ0) is 23.0. The van der Waals surface area contributed by atoms with Crippen LogP contribution in [0.3, 0.4) is 0 Å². The molecule has 0 aromatic heterocycles. The van der Waals surface area contributed by atoms with E-state index in [9.17, 15) is 0 Å². The molecule has 0 N–H and O–H groups in total. The van der Waals surface area contributed by atoms with Gasteiger partial charge in [-0.25, -0.2) is 0 Å². The predicted octanol–water partition coefficient (Wildman–Crippen LogP) is 11.9. The van der Waals surface area contributed by atoms with E-state index in [1.54, 1.807) is 0 Å². The van der Waals surface area contributed by atoms with Crippen molar-refractivity contribution in [2.75, 3.05) is 0 Å². The molecule has 0 fully saturated rings. The van der Waals surface area contributed by atoms with Crippen molar-refractivity contribution in [3.8, 4) is 0 Å². The van der Waals surface area contributed by atoms with E-state index in [4.69, 9.17) is 0 Å². The van der Waals surface area contributed by atoms with Gasteiger partial charge in [0.25, 0.3) is 0 Å². The molecule has 0 aliphatic carbocycles. The fourth-order valence-corrected chi connectivity index (χ4v) is 5.47. The largest absolute Gasteiger partial charge is 0.0654 e. The SMILES string of the molecule is CCCCCCCCC(C)CC(CCCCCCCC)CC(C)CCCCCCCC. The van der Waals surface area contributed by atoms with Crippen LogP contribution in [-0.2, 0) is 0 Å². The molecule has 0 heterocycles. The molecule has 188 valence electrons. The molecule has 0 amide bonds. The van der Waals surface area contributed by atoms with Gasteiger partial charge in [-0.15, -0.1) is 0 Å². The van der Waals surface area contributed by atoms with Crippen LogP contribution in [0.1, 0.15) is 182 Å². The zero-order valence-corrected chi connectivity index (χ0v) is 23.0. The third kappa shape index (κ3) is 23.0. The van der Waals surface area contributed by atoms with Crippen molar-refractivity contribution in [3.63, 3.8) is 0 Å². The van der Waals surface area contributed by atoms with Crippen LogP contribution in [0.5, 0.6) is 0 Å². The molecular formula is C31H64. The minimum Gasteiger partial charge on any atom is -0.0654 e. The summed E-state index contributed by atoms with van der Waals surface area (Å²) in [6, 6.07) is 0. The quantitative estimate of drug-likeness (QED) is 0.125. The van der Waals surface area contributed by atoms with Gasteiger partial charge in [-0.05, 0) is 30.6 Å². The molecule has 0 spiro atoms. The zero-order valence-electron chi connectivity index (χ0n) is 23.0. The first-order chi connectivity index (χ1) is 15.1. The van der Waals surface area contributed by atoms with E-state index in [1.807, 2.05) is 0 Å². The Hall–Kier alpha value is 0. The van der Waals surface area contributed by atoms with Gasteiger partial charge in [0, 0.05) is 0 Å². The summed E-state index contributed by atoms with van der Waals surface area (Å²) >= 11 is 0. The van der Waals surface area contributed by atoms with Gasteiger partial charge in [-0.3, -0.25) is 0 Å². The minimum absolute atomic E-state index is 0.942. The summed E-state index contributed by atoms with van der Waals surface area (Å²) in [5, 5.41) is 0. The molecule has 31 heavy (non-hydrogen) atoms. The fraction of sp³-hybridized carbons (Fsp3) is 1.00. The Morgan fingerprint density at radius 3 is 1.00 bits per heavy atom. The lowest BCUT2D eigenvalue weighted by molar-refractivity contribution is 0.277. The van der Waals surface area contributed by atoms with Gasteiger partial charge < -0.3 is 0 Å². The summed E-state index contributed by atoms with van der Waals surface area (Å²) in [4.78, 5) is 0. The number of rotatable bonds is 25. The first-order valence-corrected chi connectivity index (χ1v) is 15.1. The van der Waals surface area contributed by atoms with Crippen LogP contribution in [-0.4, -0.2) is 0 Å². The summed E-state index contributed by atoms with van der Waals surface area (Å²) in [6.07, 6.45) is 33.5. The molecule has 0 nitrogen and oxygen atoms in total. The van der Waals surface area contributed by atoms with Crippen LogP contribution in [0.4, 0.5) is 0 Å². The van der Waals surface area contributed by atoms with Gasteiger partial charge in [0.1, 0.15) is 0 Å². The van der Waals surface area contributed by atoms with E-state index in [0.717, 1.165) is 17.8 Å². The average Bonchev–Trinajstić information content (AvgIpc) is 2.75. The monoisotopic (exact) mass is 437 g/mol. The lowest BCUT2D eigenvalue weighted by Crippen LogP contribution is -2.11.